The average Bonchev–Trinajstić information content (AvgIpc) is 3.15. The molecule has 0 spiro atoms. The van der Waals surface area contributed by atoms with E-state index >= 15 is 0 Å². The van der Waals surface area contributed by atoms with Crippen LogP contribution in [0.3, 0.4) is 0 Å². The lowest BCUT2D eigenvalue weighted by Crippen LogP contribution is -2.17. The summed E-state index contributed by atoms with van der Waals surface area (Å²) in [5, 5.41) is 9.62. The Hall–Kier alpha value is -3.63. The van der Waals surface area contributed by atoms with Crippen molar-refractivity contribution in [3.8, 4) is 5.75 Å². The minimum Gasteiger partial charge on any atom is -0.497 e. The molecule has 2 amide bonds. The van der Waals surface area contributed by atoms with Crippen LogP contribution in [0, 0.1) is 0 Å². The van der Waals surface area contributed by atoms with Gasteiger partial charge in [0.05, 0.1) is 7.11 Å². The van der Waals surface area contributed by atoms with Crippen molar-refractivity contribution in [3.05, 3.63) is 59.8 Å². The van der Waals surface area contributed by atoms with Crippen LogP contribution in [0.1, 0.15) is 20.8 Å². The number of anilines is 4. The van der Waals surface area contributed by atoms with Crippen molar-refractivity contribution in [2.45, 2.75) is 0 Å². The number of nitrogens with zero attached hydrogens (tertiary/aromatic N) is 1. The van der Waals surface area contributed by atoms with Gasteiger partial charge in [-0.15, -0.1) is 0 Å². The van der Waals surface area contributed by atoms with Gasteiger partial charge >= 0.3 is 0 Å². The third-order valence-corrected chi connectivity index (χ3v) is 4.94. The van der Waals surface area contributed by atoms with Crippen molar-refractivity contribution in [3.63, 3.8) is 0 Å². The fourth-order valence-electron chi connectivity index (χ4n) is 2.55. The molecule has 9 nitrogen and oxygen atoms in total. The Balaban J connectivity index is 1.74. The first kappa shape index (κ1) is 21.1. The maximum absolute atomic E-state index is 12.6. The fraction of sp³-hybridized carbons (Fsp3) is 0.150. The molecule has 0 aliphatic rings. The summed E-state index contributed by atoms with van der Waals surface area (Å²) in [4.78, 5) is 28.6. The van der Waals surface area contributed by atoms with E-state index in [9.17, 15) is 9.59 Å². The van der Waals surface area contributed by atoms with E-state index in [-0.39, 0.29) is 16.6 Å². The van der Waals surface area contributed by atoms with Gasteiger partial charge in [0.25, 0.3) is 11.8 Å². The highest BCUT2D eigenvalue weighted by Crippen LogP contribution is 2.31. The minimum atomic E-state index is -0.731. The maximum Gasteiger partial charge on any atom is 0.270 e. The van der Waals surface area contributed by atoms with Gasteiger partial charge in [-0.3, -0.25) is 9.59 Å². The molecule has 0 unspecified atom stereocenters. The van der Waals surface area contributed by atoms with Gasteiger partial charge in [0, 0.05) is 30.0 Å². The Morgan fingerprint density at radius 1 is 1.07 bits per heavy atom. The summed E-state index contributed by atoms with van der Waals surface area (Å²) >= 11 is 1.12. The van der Waals surface area contributed by atoms with Gasteiger partial charge in [-0.2, -0.15) is 0 Å². The highest BCUT2D eigenvalue weighted by atomic mass is 32.1. The van der Waals surface area contributed by atoms with Crippen molar-refractivity contribution >= 4 is 44.7 Å². The molecule has 10 heteroatoms. The number of primary amides is 1. The molecule has 3 aromatic rings. The number of methoxy groups -OCH3 is 1. The molecule has 156 valence electrons. The van der Waals surface area contributed by atoms with Crippen LogP contribution in [0.2, 0.25) is 0 Å². The second-order valence-electron chi connectivity index (χ2n) is 6.16. The topological polar surface area (TPSA) is 144 Å². The van der Waals surface area contributed by atoms with Crippen LogP contribution < -0.4 is 32.2 Å². The number of benzene rings is 2. The van der Waals surface area contributed by atoms with E-state index < -0.39 is 5.91 Å². The zero-order chi connectivity index (χ0) is 21.5. The second-order valence-corrected chi connectivity index (χ2v) is 7.16. The number of nitrogens with two attached hydrogens (primary N) is 2. The van der Waals surface area contributed by atoms with Crippen LogP contribution in [-0.2, 0) is 0 Å². The molecule has 0 atom stereocenters. The van der Waals surface area contributed by atoms with Crippen LogP contribution in [-0.4, -0.2) is 37.0 Å². The smallest absolute Gasteiger partial charge is 0.270 e. The van der Waals surface area contributed by atoms with Crippen LogP contribution >= 0.6 is 11.3 Å². The standard InChI is InChI=1S/C20H22N6O3S/c1-29-15-8-6-14(7-9-15)24-20-25-16(17(22)27)19(30-20)26-18(28)12-2-4-13(5-3-12)23-11-10-21/h2-9,23H,10-11,21H2,1H3,(H2,22,27)(H,24,25)(H,26,28). The molecule has 0 aliphatic carbocycles. The lowest BCUT2D eigenvalue weighted by atomic mass is 10.2. The van der Waals surface area contributed by atoms with E-state index in [0.29, 0.717) is 23.8 Å². The minimum absolute atomic E-state index is 0.00871. The number of hydrogen-bond donors (Lipinski definition) is 5. The molecule has 0 saturated carbocycles. The van der Waals surface area contributed by atoms with Crippen LogP contribution in [0.15, 0.2) is 48.5 Å². The summed E-state index contributed by atoms with van der Waals surface area (Å²) in [6.07, 6.45) is 0. The van der Waals surface area contributed by atoms with Gasteiger partial charge in [0.2, 0.25) is 0 Å². The van der Waals surface area contributed by atoms with E-state index in [0.717, 1.165) is 28.5 Å². The number of hydrogen-bond acceptors (Lipinski definition) is 8. The molecule has 0 radical (unpaired) electrons. The van der Waals surface area contributed by atoms with E-state index in [1.54, 1.807) is 43.5 Å². The molecular weight excluding hydrogens is 404 g/mol. The summed E-state index contributed by atoms with van der Waals surface area (Å²) in [5.41, 5.74) is 12.9. The first-order valence-electron chi connectivity index (χ1n) is 9.07. The van der Waals surface area contributed by atoms with Crippen molar-refractivity contribution in [2.75, 3.05) is 36.1 Å². The van der Waals surface area contributed by atoms with Crippen molar-refractivity contribution < 1.29 is 14.3 Å². The number of nitrogens with one attached hydrogen (secondary N) is 3. The molecule has 0 aliphatic heterocycles. The lowest BCUT2D eigenvalue weighted by molar-refractivity contribution is 0.0997. The third kappa shape index (κ3) is 5.25. The van der Waals surface area contributed by atoms with Crippen molar-refractivity contribution in [1.29, 1.82) is 0 Å². The molecule has 1 heterocycles. The monoisotopic (exact) mass is 426 g/mol. The highest BCUT2D eigenvalue weighted by molar-refractivity contribution is 7.20. The Labute approximate surface area is 177 Å². The van der Waals surface area contributed by atoms with Crippen LogP contribution in [0.25, 0.3) is 0 Å². The highest BCUT2D eigenvalue weighted by Gasteiger charge is 2.19. The molecule has 0 fully saturated rings. The lowest BCUT2D eigenvalue weighted by Gasteiger charge is -2.07. The number of carbonyl (C=O) groups excluding carboxylic acids is 2. The first-order valence-corrected chi connectivity index (χ1v) is 9.89. The van der Waals surface area contributed by atoms with Crippen LogP contribution in [0.4, 0.5) is 21.5 Å². The first-order chi connectivity index (χ1) is 14.5. The molecule has 1 aromatic heterocycles. The summed E-state index contributed by atoms with van der Waals surface area (Å²) < 4.78 is 5.13. The largest absolute Gasteiger partial charge is 0.497 e. The van der Waals surface area contributed by atoms with Gasteiger partial charge in [-0.05, 0) is 48.5 Å². The number of amides is 2. The van der Waals surface area contributed by atoms with Crippen LogP contribution in [0.5, 0.6) is 5.75 Å². The second kappa shape index (κ2) is 9.72. The quantitative estimate of drug-likeness (QED) is 0.354. The number of thiazole rings is 1. The SMILES string of the molecule is COc1ccc(Nc2nc(C(N)=O)c(NC(=O)c3ccc(NCCN)cc3)s2)cc1. The Morgan fingerprint density at radius 2 is 1.73 bits per heavy atom. The Bertz CT molecular complexity index is 1020. The molecule has 7 N–H and O–H groups in total. The fourth-order valence-corrected chi connectivity index (χ4v) is 3.44. The average molecular weight is 427 g/mol. The summed E-state index contributed by atoms with van der Waals surface area (Å²) in [6.45, 7) is 1.15. The predicted octanol–water partition coefficient (Wildman–Crippen LogP) is 2.62. The normalized spacial score (nSPS) is 10.3. The number of ether oxygens (including phenoxy) is 1. The zero-order valence-electron chi connectivity index (χ0n) is 16.3. The molecule has 0 bridgehead atoms. The van der Waals surface area contributed by atoms with E-state index in [1.807, 2.05) is 12.1 Å². The van der Waals surface area contributed by atoms with Gasteiger partial charge in [0.15, 0.2) is 10.8 Å². The van der Waals surface area contributed by atoms with Gasteiger partial charge in [0.1, 0.15) is 10.8 Å². The number of aromatic nitrogens is 1. The van der Waals surface area contributed by atoms with Gasteiger partial charge in [-0.25, -0.2) is 4.98 Å². The number of carbonyl (C=O) groups is 2. The van der Waals surface area contributed by atoms with E-state index in [4.69, 9.17) is 16.2 Å². The van der Waals surface area contributed by atoms with Crippen molar-refractivity contribution in [2.24, 2.45) is 11.5 Å². The van der Waals surface area contributed by atoms with Gasteiger partial charge < -0.3 is 32.2 Å². The summed E-state index contributed by atoms with van der Waals surface area (Å²) in [6, 6.07) is 14.1. The Kier molecular flexibility index (Phi) is 6.83. The maximum atomic E-state index is 12.6. The van der Waals surface area contributed by atoms with Gasteiger partial charge in [-0.1, -0.05) is 11.3 Å². The van der Waals surface area contributed by atoms with E-state index in [1.165, 1.54) is 0 Å². The zero-order valence-corrected chi connectivity index (χ0v) is 17.1. The molecule has 3 rings (SSSR count). The van der Waals surface area contributed by atoms with Crippen molar-refractivity contribution in [1.82, 2.24) is 4.98 Å². The summed E-state index contributed by atoms with van der Waals surface area (Å²) in [5.74, 6) is -0.386. The molecule has 2 aromatic carbocycles. The molecule has 30 heavy (non-hydrogen) atoms. The Morgan fingerprint density at radius 3 is 2.33 bits per heavy atom. The summed E-state index contributed by atoms with van der Waals surface area (Å²) in [7, 11) is 1.58. The number of rotatable bonds is 9. The molecular formula is C20H22N6O3S. The third-order valence-electron chi connectivity index (χ3n) is 4.05. The predicted molar refractivity (Wildman–Crippen MR) is 119 cm³/mol. The molecule has 0 saturated heterocycles. The van der Waals surface area contributed by atoms with E-state index in [2.05, 4.69) is 20.9 Å².